The number of nitrogens with two attached hydrogens (primary N) is 1. The number of anilines is 2. The van der Waals surface area contributed by atoms with E-state index in [-0.39, 0.29) is 11.8 Å². The summed E-state index contributed by atoms with van der Waals surface area (Å²) in [7, 11) is 1.74. The second-order valence-corrected chi connectivity index (χ2v) is 4.67. The Labute approximate surface area is 98.4 Å². The Morgan fingerprint density at radius 1 is 1.47 bits per heavy atom. The van der Waals surface area contributed by atoms with Gasteiger partial charge in [0.2, 0.25) is 5.91 Å². The molecule has 4 heteroatoms. The van der Waals surface area contributed by atoms with Gasteiger partial charge >= 0.3 is 0 Å². The van der Waals surface area contributed by atoms with E-state index >= 15 is 0 Å². The van der Waals surface area contributed by atoms with Gasteiger partial charge in [-0.25, -0.2) is 0 Å². The van der Waals surface area contributed by atoms with Gasteiger partial charge in [0.25, 0.3) is 0 Å². The molecule has 0 atom stereocenters. The molecule has 0 saturated carbocycles. The Morgan fingerprint density at radius 3 is 2.53 bits per heavy atom. The lowest BCUT2D eigenvalue weighted by Gasteiger charge is -2.21. The maximum absolute atomic E-state index is 11.7. The van der Waals surface area contributed by atoms with E-state index in [0.29, 0.717) is 5.69 Å². The maximum Gasteiger partial charge on any atom is 0.229 e. The molecule has 0 fully saturated rings. The number of amides is 1. The Bertz CT molecular complexity index is 377. The minimum atomic E-state index is -0.0296. The summed E-state index contributed by atoms with van der Waals surface area (Å²) >= 11 is 3.33. The summed E-state index contributed by atoms with van der Waals surface area (Å²) < 4.78 is 0.911. The van der Waals surface area contributed by atoms with Crippen LogP contribution < -0.4 is 10.6 Å². The molecule has 0 radical (unpaired) electrons. The van der Waals surface area contributed by atoms with Gasteiger partial charge in [-0.2, -0.15) is 0 Å². The SMILES string of the molecule is CC(C)C(=O)N(C)c1ccc(Br)cc1N. The second-order valence-electron chi connectivity index (χ2n) is 3.76. The Hall–Kier alpha value is -1.03. The summed E-state index contributed by atoms with van der Waals surface area (Å²) in [5.41, 5.74) is 7.18. The molecule has 0 aliphatic carbocycles. The van der Waals surface area contributed by atoms with Crippen LogP contribution in [-0.4, -0.2) is 13.0 Å². The predicted molar refractivity (Wildman–Crippen MR) is 66.8 cm³/mol. The quantitative estimate of drug-likeness (QED) is 0.840. The lowest BCUT2D eigenvalue weighted by atomic mass is 10.1. The summed E-state index contributed by atoms with van der Waals surface area (Å²) in [4.78, 5) is 13.3. The van der Waals surface area contributed by atoms with Crippen LogP contribution in [0.4, 0.5) is 11.4 Å². The number of hydrogen-bond donors (Lipinski definition) is 1. The molecule has 0 aliphatic rings. The molecule has 0 spiro atoms. The molecule has 1 amide bonds. The topological polar surface area (TPSA) is 46.3 Å². The van der Waals surface area contributed by atoms with Crippen molar-refractivity contribution in [2.45, 2.75) is 13.8 Å². The fourth-order valence-electron chi connectivity index (χ4n) is 1.34. The standard InChI is InChI=1S/C11H15BrN2O/c1-7(2)11(15)14(3)10-5-4-8(12)6-9(10)13/h4-7H,13H2,1-3H3. The van der Waals surface area contributed by atoms with Crippen molar-refractivity contribution < 1.29 is 4.79 Å². The second kappa shape index (κ2) is 4.66. The first-order chi connectivity index (χ1) is 6.93. The molecule has 0 aliphatic heterocycles. The number of carbonyl (C=O) groups excluding carboxylic acids is 1. The molecule has 0 aromatic heterocycles. The molecular weight excluding hydrogens is 256 g/mol. The van der Waals surface area contributed by atoms with Crippen LogP contribution in [0.1, 0.15) is 13.8 Å². The molecule has 82 valence electrons. The number of benzene rings is 1. The van der Waals surface area contributed by atoms with Gasteiger partial charge in [-0.3, -0.25) is 4.79 Å². The summed E-state index contributed by atoms with van der Waals surface area (Å²) in [6, 6.07) is 5.49. The number of nitrogens with zero attached hydrogens (tertiary/aromatic N) is 1. The van der Waals surface area contributed by atoms with Crippen molar-refractivity contribution in [2.24, 2.45) is 5.92 Å². The third-order valence-corrected chi connectivity index (χ3v) is 2.67. The lowest BCUT2D eigenvalue weighted by molar-refractivity contribution is -0.121. The van der Waals surface area contributed by atoms with Gasteiger partial charge in [0, 0.05) is 17.4 Å². The van der Waals surface area contributed by atoms with Gasteiger partial charge in [-0.15, -0.1) is 0 Å². The fraction of sp³-hybridized carbons (Fsp3) is 0.364. The molecule has 0 heterocycles. The van der Waals surface area contributed by atoms with Gasteiger partial charge in [0.15, 0.2) is 0 Å². The monoisotopic (exact) mass is 270 g/mol. The lowest BCUT2D eigenvalue weighted by Crippen LogP contribution is -2.30. The van der Waals surface area contributed by atoms with Crippen molar-refractivity contribution in [2.75, 3.05) is 17.7 Å². The summed E-state index contributed by atoms with van der Waals surface area (Å²) in [5.74, 6) is 0.0297. The van der Waals surface area contributed by atoms with Gasteiger partial charge < -0.3 is 10.6 Å². The normalized spacial score (nSPS) is 10.5. The third-order valence-electron chi connectivity index (χ3n) is 2.18. The van der Waals surface area contributed by atoms with Crippen LogP contribution in [0.15, 0.2) is 22.7 Å². The van der Waals surface area contributed by atoms with Crippen molar-refractivity contribution in [1.82, 2.24) is 0 Å². The van der Waals surface area contributed by atoms with Crippen LogP contribution in [0.5, 0.6) is 0 Å². The summed E-state index contributed by atoms with van der Waals surface area (Å²) in [5, 5.41) is 0. The summed E-state index contributed by atoms with van der Waals surface area (Å²) in [6.07, 6.45) is 0. The van der Waals surface area contributed by atoms with Crippen LogP contribution >= 0.6 is 15.9 Å². The van der Waals surface area contributed by atoms with Crippen molar-refractivity contribution in [3.05, 3.63) is 22.7 Å². The zero-order valence-corrected chi connectivity index (χ0v) is 10.7. The average Bonchev–Trinajstić information content (AvgIpc) is 2.15. The summed E-state index contributed by atoms with van der Waals surface area (Å²) in [6.45, 7) is 3.74. The molecule has 2 N–H and O–H groups in total. The first kappa shape index (κ1) is 12.0. The first-order valence-electron chi connectivity index (χ1n) is 4.76. The van der Waals surface area contributed by atoms with E-state index in [4.69, 9.17) is 5.73 Å². The van der Waals surface area contributed by atoms with E-state index in [1.54, 1.807) is 18.0 Å². The highest BCUT2D eigenvalue weighted by atomic mass is 79.9. The number of halogens is 1. The molecule has 0 saturated heterocycles. The fourth-order valence-corrected chi connectivity index (χ4v) is 1.72. The molecule has 0 bridgehead atoms. The van der Waals surface area contributed by atoms with E-state index < -0.39 is 0 Å². The van der Waals surface area contributed by atoms with Gasteiger partial charge in [-0.1, -0.05) is 29.8 Å². The minimum absolute atomic E-state index is 0.0296. The highest BCUT2D eigenvalue weighted by Gasteiger charge is 2.16. The van der Waals surface area contributed by atoms with E-state index in [9.17, 15) is 4.79 Å². The van der Waals surface area contributed by atoms with E-state index in [2.05, 4.69) is 15.9 Å². The van der Waals surface area contributed by atoms with Crippen molar-refractivity contribution in [3.8, 4) is 0 Å². The number of carbonyl (C=O) groups is 1. The molecule has 15 heavy (non-hydrogen) atoms. The van der Waals surface area contributed by atoms with Gasteiger partial charge in [0.05, 0.1) is 11.4 Å². The van der Waals surface area contributed by atoms with Gasteiger partial charge in [-0.05, 0) is 18.2 Å². The number of rotatable bonds is 2. The molecule has 1 aromatic rings. The van der Waals surface area contributed by atoms with E-state index in [1.165, 1.54) is 0 Å². The zero-order valence-electron chi connectivity index (χ0n) is 9.12. The molecule has 1 aromatic carbocycles. The van der Waals surface area contributed by atoms with Crippen LogP contribution in [0, 0.1) is 5.92 Å². The van der Waals surface area contributed by atoms with Crippen molar-refractivity contribution >= 4 is 33.2 Å². The van der Waals surface area contributed by atoms with Crippen LogP contribution in [-0.2, 0) is 4.79 Å². The van der Waals surface area contributed by atoms with Crippen LogP contribution in [0.2, 0.25) is 0 Å². The average molecular weight is 271 g/mol. The molecule has 3 nitrogen and oxygen atoms in total. The molecule has 1 rings (SSSR count). The predicted octanol–water partition coefficient (Wildman–Crippen LogP) is 2.65. The molecule has 0 unspecified atom stereocenters. The maximum atomic E-state index is 11.7. The Balaban J connectivity index is 3.01. The Kier molecular flexibility index (Phi) is 3.74. The van der Waals surface area contributed by atoms with E-state index in [1.807, 2.05) is 26.0 Å². The molecular formula is C11H15BrN2O. The van der Waals surface area contributed by atoms with Crippen molar-refractivity contribution in [3.63, 3.8) is 0 Å². The van der Waals surface area contributed by atoms with Crippen molar-refractivity contribution in [1.29, 1.82) is 0 Å². The first-order valence-corrected chi connectivity index (χ1v) is 5.55. The van der Waals surface area contributed by atoms with E-state index in [0.717, 1.165) is 10.2 Å². The van der Waals surface area contributed by atoms with Crippen LogP contribution in [0.3, 0.4) is 0 Å². The van der Waals surface area contributed by atoms with Crippen LogP contribution in [0.25, 0.3) is 0 Å². The minimum Gasteiger partial charge on any atom is -0.397 e. The zero-order chi connectivity index (χ0) is 11.6. The Morgan fingerprint density at radius 2 is 2.07 bits per heavy atom. The highest BCUT2D eigenvalue weighted by Crippen LogP contribution is 2.26. The van der Waals surface area contributed by atoms with Gasteiger partial charge in [0.1, 0.15) is 0 Å². The largest absolute Gasteiger partial charge is 0.397 e. The number of nitrogen functional groups attached to an aromatic ring is 1. The third kappa shape index (κ3) is 2.72. The highest BCUT2D eigenvalue weighted by molar-refractivity contribution is 9.10. The number of hydrogen-bond acceptors (Lipinski definition) is 2. The smallest absolute Gasteiger partial charge is 0.229 e.